The van der Waals surface area contributed by atoms with Gasteiger partial charge in [-0.1, -0.05) is 13.3 Å². The monoisotopic (exact) mass is 307 g/mol. The summed E-state index contributed by atoms with van der Waals surface area (Å²) in [4.78, 5) is 23.3. The van der Waals surface area contributed by atoms with Gasteiger partial charge in [-0.15, -0.1) is 0 Å². The minimum absolute atomic E-state index is 0.0503. The molecule has 0 aliphatic rings. The zero-order valence-corrected chi connectivity index (χ0v) is 13.4. The summed E-state index contributed by atoms with van der Waals surface area (Å²) in [5, 5.41) is 8.24. The summed E-state index contributed by atoms with van der Waals surface area (Å²) < 4.78 is 5.04. The highest BCUT2D eigenvalue weighted by Gasteiger charge is 2.07. The fraction of sp³-hybridized carbons (Fsp3) is 0.500. The van der Waals surface area contributed by atoms with Gasteiger partial charge in [0.1, 0.15) is 5.75 Å². The highest BCUT2D eigenvalue weighted by Crippen LogP contribution is 2.14. The van der Waals surface area contributed by atoms with Gasteiger partial charge in [0.25, 0.3) is 0 Å². The Morgan fingerprint density at radius 2 is 1.91 bits per heavy atom. The minimum Gasteiger partial charge on any atom is -0.497 e. The van der Waals surface area contributed by atoms with Crippen LogP contribution >= 0.6 is 0 Å². The molecule has 1 rings (SSSR count). The van der Waals surface area contributed by atoms with Crippen molar-refractivity contribution in [3.8, 4) is 5.75 Å². The van der Waals surface area contributed by atoms with Crippen molar-refractivity contribution in [3.05, 3.63) is 24.3 Å². The second-order valence-corrected chi connectivity index (χ2v) is 5.12. The molecule has 0 aromatic heterocycles. The van der Waals surface area contributed by atoms with Crippen LogP contribution in [0.25, 0.3) is 0 Å². The van der Waals surface area contributed by atoms with E-state index >= 15 is 0 Å². The molecule has 1 aromatic rings. The molecule has 22 heavy (non-hydrogen) atoms. The molecule has 0 bridgehead atoms. The summed E-state index contributed by atoms with van der Waals surface area (Å²) in [6.07, 6.45) is 2.26. The molecule has 0 radical (unpaired) electrons. The molecule has 3 N–H and O–H groups in total. The molecule has 0 saturated heterocycles. The number of nitrogens with one attached hydrogen (secondary N) is 3. The Bertz CT molecular complexity index is 474. The first-order chi connectivity index (χ1) is 10.5. The van der Waals surface area contributed by atoms with E-state index in [1.54, 1.807) is 31.4 Å². The van der Waals surface area contributed by atoms with Gasteiger partial charge in [-0.2, -0.15) is 0 Å². The number of carbonyl (C=O) groups is 2. The first-order valence-corrected chi connectivity index (χ1v) is 7.53. The third kappa shape index (κ3) is 6.97. The molecule has 1 aromatic carbocycles. The second-order valence-electron chi connectivity index (χ2n) is 5.12. The van der Waals surface area contributed by atoms with Crippen LogP contribution in [0.5, 0.6) is 5.75 Å². The van der Waals surface area contributed by atoms with Crippen LogP contribution in [0.1, 0.15) is 33.1 Å². The van der Waals surface area contributed by atoms with Gasteiger partial charge in [0.15, 0.2) is 0 Å². The summed E-state index contributed by atoms with van der Waals surface area (Å²) >= 11 is 0. The Morgan fingerprint density at radius 3 is 2.50 bits per heavy atom. The van der Waals surface area contributed by atoms with Crippen molar-refractivity contribution in [1.29, 1.82) is 0 Å². The number of ether oxygens (including phenoxy) is 1. The molecular formula is C16H25N3O3. The number of benzene rings is 1. The van der Waals surface area contributed by atoms with Gasteiger partial charge in [0.05, 0.1) is 7.11 Å². The van der Waals surface area contributed by atoms with Crippen LogP contribution in [0.2, 0.25) is 0 Å². The lowest BCUT2D eigenvalue weighted by molar-refractivity contribution is -0.121. The van der Waals surface area contributed by atoms with E-state index in [0.29, 0.717) is 12.2 Å². The quantitative estimate of drug-likeness (QED) is 0.690. The summed E-state index contributed by atoms with van der Waals surface area (Å²) in [6, 6.07) is 6.86. The van der Waals surface area contributed by atoms with Crippen molar-refractivity contribution in [1.82, 2.24) is 10.6 Å². The molecule has 0 aliphatic heterocycles. The maximum Gasteiger partial charge on any atom is 0.319 e. The SMILES string of the molecule is CCCC(C)NC(=O)CCNC(=O)Nc1ccc(OC)cc1. The molecule has 6 heteroatoms. The van der Waals surface area contributed by atoms with Gasteiger partial charge in [-0.05, 0) is 37.6 Å². The Hall–Kier alpha value is -2.24. The maximum atomic E-state index is 11.7. The van der Waals surface area contributed by atoms with E-state index in [0.717, 1.165) is 18.6 Å². The summed E-state index contributed by atoms with van der Waals surface area (Å²) in [7, 11) is 1.58. The number of carbonyl (C=O) groups excluding carboxylic acids is 2. The summed E-state index contributed by atoms with van der Waals surface area (Å²) in [6.45, 7) is 4.35. The van der Waals surface area contributed by atoms with Crippen molar-refractivity contribution >= 4 is 17.6 Å². The number of methoxy groups -OCH3 is 1. The number of hydrogen-bond acceptors (Lipinski definition) is 3. The lowest BCUT2D eigenvalue weighted by atomic mass is 10.2. The molecule has 0 saturated carbocycles. The zero-order chi connectivity index (χ0) is 16.4. The highest BCUT2D eigenvalue weighted by atomic mass is 16.5. The van der Waals surface area contributed by atoms with E-state index in [-0.39, 0.29) is 24.4 Å². The predicted molar refractivity (Wildman–Crippen MR) is 87.1 cm³/mol. The average Bonchev–Trinajstić information content (AvgIpc) is 2.48. The van der Waals surface area contributed by atoms with Crippen LogP contribution in [0, 0.1) is 0 Å². The molecule has 6 nitrogen and oxygen atoms in total. The first kappa shape index (κ1) is 17.8. The van der Waals surface area contributed by atoms with Crippen LogP contribution in [0.3, 0.4) is 0 Å². The number of anilines is 1. The number of amides is 3. The van der Waals surface area contributed by atoms with Gasteiger partial charge >= 0.3 is 6.03 Å². The summed E-state index contributed by atoms with van der Waals surface area (Å²) in [5.41, 5.74) is 0.666. The first-order valence-electron chi connectivity index (χ1n) is 7.53. The van der Waals surface area contributed by atoms with Gasteiger partial charge in [-0.25, -0.2) is 4.79 Å². The van der Waals surface area contributed by atoms with Gasteiger partial charge in [0.2, 0.25) is 5.91 Å². The molecule has 1 atom stereocenters. The fourth-order valence-corrected chi connectivity index (χ4v) is 1.99. The summed E-state index contributed by atoms with van der Waals surface area (Å²) in [5.74, 6) is 0.675. The smallest absolute Gasteiger partial charge is 0.319 e. The van der Waals surface area contributed by atoms with E-state index in [1.165, 1.54) is 0 Å². The molecular weight excluding hydrogens is 282 g/mol. The van der Waals surface area contributed by atoms with Crippen molar-refractivity contribution in [2.45, 2.75) is 39.2 Å². The van der Waals surface area contributed by atoms with Crippen LogP contribution in [0.4, 0.5) is 10.5 Å². The van der Waals surface area contributed by atoms with Crippen molar-refractivity contribution in [2.24, 2.45) is 0 Å². The number of urea groups is 1. The fourth-order valence-electron chi connectivity index (χ4n) is 1.99. The lowest BCUT2D eigenvalue weighted by Crippen LogP contribution is -2.36. The van der Waals surface area contributed by atoms with E-state index in [2.05, 4.69) is 22.9 Å². The Balaban J connectivity index is 2.23. The van der Waals surface area contributed by atoms with Crippen LogP contribution in [0.15, 0.2) is 24.3 Å². The third-order valence-corrected chi connectivity index (χ3v) is 3.11. The standard InChI is InChI=1S/C16H25N3O3/c1-4-5-12(2)18-15(20)10-11-17-16(21)19-13-6-8-14(22-3)9-7-13/h6-9,12H,4-5,10-11H2,1-3H3,(H,18,20)(H2,17,19,21). The number of hydrogen-bond donors (Lipinski definition) is 3. The molecule has 0 spiro atoms. The van der Waals surface area contributed by atoms with E-state index < -0.39 is 0 Å². The molecule has 3 amide bonds. The van der Waals surface area contributed by atoms with E-state index in [9.17, 15) is 9.59 Å². The molecule has 1 unspecified atom stereocenters. The molecule has 0 fully saturated rings. The van der Waals surface area contributed by atoms with Gasteiger partial charge in [0, 0.05) is 24.7 Å². The van der Waals surface area contributed by atoms with Crippen LogP contribution in [-0.4, -0.2) is 31.6 Å². The Labute approximate surface area is 131 Å². The average molecular weight is 307 g/mol. The second kappa shape index (κ2) is 9.65. The zero-order valence-electron chi connectivity index (χ0n) is 13.4. The molecule has 0 aliphatic carbocycles. The van der Waals surface area contributed by atoms with Gasteiger partial charge < -0.3 is 20.7 Å². The topological polar surface area (TPSA) is 79.5 Å². The van der Waals surface area contributed by atoms with Crippen molar-refractivity contribution in [3.63, 3.8) is 0 Å². The maximum absolute atomic E-state index is 11.7. The minimum atomic E-state index is -0.334. The number of rotatable bonds is 8. The largest absolute Gasteiger partial charge is 0.497 e. The molecule has 0 heterocycles. The van der Waals surface area contributed by atoms with Crippen molar-refractivity contribution < 1.29 is 14.3 Å². The normalized spacial score (nSPS) is 11.4. The Kier molecular flexibility index (Phi) is 7.81. The third-order valence-electron chi connectivity index (χ3n) is 3.11. The predicted octanol–water partition coefficient (Wildman–Crippen LogP) is 2.51. The highest BCUT2D eigenvalue weighted by molar-refractivity contribution is 5.89. The molecule has 122 valence electrons. The van der Waals surface area contributed by atoms with Crippen LogP contribution < -0.4 is 20.7 Å². The van der Waals surface area contributed by atoms with Crippen molar-refractivity contribution in [2.75, 3.05) is 19.0 Å². The van der Waals surface area contributed by atoms with Crippen LogP contribution in [-0.2, 0) is 4.79 Å². The van der Waals surface area contributed by atoms with E-state index in [1.807, 2.05) is 6.92 Å². The lowest BCUT2D eigenvalue weighted by Gasteiger charge is -2.13. The van der Waals surface area contributed by atoms with Gasteiger partial charge in [-0.3, -0.25) is 4.79 Å². The van der Waals surface area contributed by atoms with E-state index in [4.69, 9.17) is 4.74 Å². The Morgan fingerprint density at radius 1 is 1.23 bits per heavy atom.